The highest BCUT2D eigenvalue weighted by Crippen LogP contribution is 2.26. The first-order valence-electron chi connectivity index (χ1n) is 7.42. The molecule has 1 heterocycles. The highest BCUT2D eigenvalue weighted by molar-refractivity contribution is 7.14. The largest absolute Gasteiger partial charge is 0.362 e. The molecular weight excluding hydrogens is 306 g/mol. The lowest BCUT2D eigenvalue weighted by atomic mass is 10.1. The number of hydrogen-bond donors (Lipinski definition) is 2. The summed E-state index contributed by atoms with van der Waals surface area (Å²) in [6, 6.07) is 16.9. The van der Waals surface area contributed by atoms with E-state index in [1.807, 2.05) is 54.8 Å². The van der Waals surface area contributed by atoms with Crippen molar-refractivity contribution in [2.24, 2.45) is 0 Å². The van der Waals surface area contributed by atoms with E-state index in [2.05, 4.69) is 15.6 Å². The van der Waals surface area contributed by atoms with Crippen LogP contribution in [-0.2, 0) is 0 Å². The Morgan fingerprint density at radius 3 is 2.52 bits per heavy atom. The average molecular weight is 323 g/mol. The Bertz CT molecular complexity index is 782. The minimum absolute atomic E-state index is 0.110. The van der Waals surface area contributed by atoms with Crippen molar-refractivity contribution in [1.82, 2.24) is 4.98 Å². The van der Waals surface area contributed by atoms with Crippen molar-refractivity contribution < 1.29 is 4.79 Å². The number of nitrogens with one attached hydrogen (secondary N) is 2. The monoisotopic (exact) mass is 323 g/mol. The maximum Gasteiger partial charge on any atom is 0.255 e. The van der Waals surface area contributed by atoms with E-state index in [1.54, 1.807) is 23.5 Å². The SMILES string of the molecule is CCNc1nc(-c2ccc(NC(=O)c3ccccc3)cc2)cs1. The molecule has 2 aromatic carbocycles. The van der Waals surface area contributed by atoms with E-state index in [0.717, 1.165) is 28.6 Å². The first kappa shape index (κ1) is 15.2. The van der Waals surface area contributed by atoms with E-state index in [9.17, 15) is 4.79 Å². The molecule has 3 rings (SSSR count). The molecule has 23 heavy (non-hydrogen) atoms. The fraction of sp³-hybridized carbons (Fsp3) is 0.111. The highest BCUT2D eigenvalue weighted by Gasteiger charge is 2.07. The quantitative estimate of drug-likeness (QED) is 0.727. The zero-order chi connectivity index (χ0) is 16.1. The van der Waals surface area contributed by atoms with Crippen LogP contribution in [0.5, 0.6) is 0 Å². The minimum Gasteiger partial charge on any atom is -0.362 e. The standard InChI is InChI=1S/C18H17N3OS/c1-2-19-18-21-16(12-23-18)13-8-10-15(11-9-13)20-17(22)14-6-4-3-5-7-14/h3-12H,2H2,1H3,(H,19,21)(H,20,22). The second-order valence-electron chi connectivity index (χ2n) is 4.97. The van der Waals surface area contributed by atoms with Crippen LogP contribution in [0.1, 0.15) is 17.3 Å². The third kappa shape index (κ3) is 3.76. The van der Waals surface area contributed by atoms with Crippen LogP contribution in [0.15, 0.2) is 60.0 Å². The molecular formula is C18H17N3OS. The summed E-state index contributed by atoms with van der Waals surface area (Å²) in [5, 5.41) is 9.04. The molecule has 0 fully saturated rings. The van der Waals surface area contributed by atoms with Gasteiger partial charge in [0.1, 0.15) is 0 Å². The molecule has 5 heteroatoms. The zero-order valence-corrected chi connectivity index (χ0v) is 13.6. The van der Waals surface area contributed by atoms with E-state index >= 15 is 0 Å². The van der Waals surface area contributed by atoms with Gasteiger partial charge in [-0.3, -0.25) is 4.79 Å². The second-order valence-corrected chi connectivity index (χ2v) is 5.82. The summed E-state index contributed by atoms with van der Waals surface area (Å²) < 4.78 is 0. The highest BCUT2D eigenvalue weighted by atomic mass is 32.1. The summed E-state index contributed by atoms with van der Waals surface area (Å²) >= 11 is 1.59. The van der Waals surface area contributed by atoms with Crippen LogP contribution >= 0.6 is 11.3 Å². The van der Waals surface area contributed by atoms with Gasteiger partial charge in [-0.1, -0.05) is 30.3 Å². The van der Waals surface area contributed by atoms with Crippen molar-refractivity contribution in [1.29, 1.82) is 0 Å². The van der Waals surface area contributed by atoms with Crippen molar-refractivity contribution in [3.05, 3.63) is 65.5 Å². The van der Waals surface area contributed by atoms with Gasteiger partial charge in [-0.15, -0.1) is 11.3 Å². The number of anilines is 2. The molecule has 3 aromatic rings. The Balaban J connectivity index is 1.70. The average Bonchev–Trinajstić information content (AvgIpc) is 3.05. The first-order valence-corrected chi connectivity index (χ1v) is 8.30. The summed E-state index contributed by atoms with van der Waals surface area (Å²) in [6.07, 6.45) is 0. The van der Waals surface area contributed by atoms with Crippen LogP contribution < -0.4 is 10.6 Å². The smallest absolute Gasteiger partial charge is 0.255 e. The van der Waals surface area contributed by atoms with Gasteiger partial charge < -0.3 is 10.6 Å². The maximum atomic E-state index is 12.1. The Morgan fingerprint density at radius 1 is 1.09 bits per heavy atom. The molecule has 0 aliphatic heterocycles. The number of carbonyl (C=O) groups is 1. The third-order valence-electron chi connectivity index (χ3n) is 3.31. The second kappa shape index (κ2) is 7.07. The number of nitrogens with zero attached hydrogens (tertiary/aromatic N) is 1. The van der Waals surface area contributed by atoms with Crippen molar-refractivity contribution in [2.45, 2.75) is 6.92 Å². The molecule has 1 aromatic heterocycles. The van der Waals surface area contributed by atoms with Gasteiger partial charge in [0, 0.05) is 28.7 Å². The van der Waals surface area contributed by atoms with Gasteiger partial charge >= 0.3 is 0 Å². The number of hydrogen-bond acceptors (Lipinski definition) is 4. The number of rotatable bonds is 5. The van der Waals surface area contributed by atoms with Gasteiger partial charge in [-0.25, -0.2) is 4.98 Å². The molecule has 0 saturated heterocycles. The predicted molar refractivity (Wildman–Crippen MR) is 96.1 cm³/mol. The summed E-state index contributed by atoms with van der Waals surface area (Å²) in [4.78, 5) is 16.6. The van der Waals surface area contributed by atoms with Crippen LogP contribution in [0.4, 0.5) is 10.8 Å². The molecule has 116 valence electrons. The lowest BCUT2D eigenvalue weighted by Crippen LogP contribution is -2.11. The molecule has 0 radical (unpaired) electrons. The van der Waals surface area contributed by atoms with Crippen LogP contribution in [0.2, 0.25) is 0 Å². The molecule has 0 unspecified atom stereocenters. The molecule has 4 nitrogen and oxygen atoms in total. The van der Waals surface area contributed by atoms with Gasteiger partial charge in [0.2, 0.25) is 0 Å². The normalized spacial score (nSPS) is 10.3. The first-order chi connectivity index (χ1) is 11.3. The van der Waals surface area contributed by atoms with Crippen LogP contribution in [0, 0.1) is 0 Å². The lowest BCUT2D eigenvalue weighted by Gasteiger charge is -2.06. The van der Waals surface area contributed by atoms with Crippen LogP contribution in [0.3, 0.4) is 0 Å². The van der Waals surface area contributed by atoms with Gasteiger partial charge in [0.05, 0.1) is 5.69 Å². The third-order valence-corrected chi connectivity index (χ3v) is 4.11. The Labute approximate surface area is 139 Å². The van der Waals surface area contributed by atoms with Crippen molar-refractivity contribution in [2.75, 3.05) is 17.2 Å². The van der Waals surface area contributed by atoms with Crippen molar-refractivity contribution >= 4 is 28.1 Å². The van der Waals surface area contributed by atoms with E-state index < -0.39 is 0 Å². The van der Waals surface area contributed by atoms with Crippen molar-refractivity contribution in [3.63, 3.8) is 0 Å². The summed E-state index contributed by atoms with van der Waals surface area (Å²) in [5.74, 6) is -0.110. The number of thiazole rings is 1. The molecule has 1 amide bonds. The van der Waals surface area contributed by atoms with Gasteiger partial charge in [-0.2, -0.15) is 0 Å². The van der Waals surface area contributed by atoms with Gasteiger partial charge in [0.15, 0.2) is 5.13 Å². The van der Waals surface area contributed by atoms with Crippen LogP contribution in [-0.4, -0.2) is 17.4 Å². The number of amides is 1. The molecule has 0 aliphatic carbocycles. The Kier molecular flexibility index (Phi) is 4.68. The summed E-state index contributed by atoms with van der Waals surface area (Å²) in [6.45, 7) is 2.91. The molecule has 0 aliphatic rings. The summed E-state index contributed by atoms with van der Waals surface area (Å²) in [7, 11) is 0. The van der Waals surface area contributed by atoms with Crippen molar-refractivity contribution in [3.8, 4) is 11.3 Å². The topological polar surface area (TPSA) is 54.0 Å². The predicted octanol–water partition coefficient (Wildman–Crippen LogP) is 4.49. The number of aromatic nitrogens is 1. The fourth-order valence-electron chi connectivity index (χ4n) is 2.16. The molecule has 0 atom stereocenters. The Morgan fingerprint density at radius 2 is 1.83 bits per heavy atom. The van der Waals surface area contributed by atoms with Gasteiger partial charge in [-0.05, 0) is 31.2 Å². The van der Waals surface area contributed by atoms with E-state index in [1.165, 1.54) is 0 Å². The zero-order valence-electron chi connectivity index (χ0n) is 12.7. The number of carbonyl (C=O) groups excluding carboxylic acids is 1. The Hall–Kier alpha value is -2.66. The van der Waals surface area contributed by atoms with Gasteiger partial charge in [0.25, 0.3) is 5.91 Å². The number of benzene rings is 2. The fourth-order valence-corrected chi connectivity index (χ4v) is 2.95. The van der Waals surface area contributed by atoms with Crippen LogP contribution in [0.25, 0.3) is 11.3 Å². The minimum atomic E-state index is -0.110. The lowest BCUT2D eigenvalue weighted by molar-refractivity contribution is 0.102. The summed E-state index contributed by atoms with van der Waals surface area (Å²) in [5.41, 5.74) is 3.38. The maximum absolute atomic E-state index is 12.1. The molecule has 0 bridgehead atoms. The van der Waals surface area contributed by atoms with E-state index in [0.29, 0.717) is 5.56 Å². The van der Waals surface area contributed by atoms with E-state index in [-0.39, 0.29) is 5.91 Å². The molecule has 2 N–H and O–H groups in total. The molecule has 0 spiro atoms. The van der Waals surface area contributed by atoms with E-state index in [4.69, 9.17) is 0 Å². The molecule has 0 saturated carbocycles.